The van der Waals surface area contributed by atoms with Gasteiger partial charge in [-0.3, -0.25) is 9.59 Å². The summed E-state index contributed by atoms with van der Waals surface area (Å²) in [4.78, 5) is 25.9. The number of hydrogen-bond acceptors (Lipinski definition) is 4. The molecular weight excluding hydrogens is 420 g/mol. The van der Waals surface area contributed by atoms with Crippen molar-refractivity contribution >= 4 is 63.0 Å². The van der Waals surface area contributed by atoms with Gasteiger partial charge in [-0.2, -0.15) is 0 Å². The molecule has 2 nitrogen and oxygen atoms in total. The van der Waals surface area contributed by atoms with Crippen LogP contribution in [0.25, 0.3) is 51.5 Å². The highest BCUT2D eigenvalue weighted by Gasteiger charge is 2.10. The van der Waals surface area contributed by atoms with Gasteiger partial charge in [-0.05, 0) is 66.6 Å². The van der Waals surface area contributed by atoms with Gasteiger partial charge in [0, 0.05) is 40.3 Å². The van der Waals surface area contributed by atoms with Gasteiger partial charge in [0.15, 0.2) is 10.9 Å². The lowest BCUT2D eigenvalue weighted by Gasteiger charge is -2.07. The monoisotopic (exact) mass is 436 g/mol. The molecule has 0 aliphatic rings. The normalized spacial score (nSPS) is 11.6. The Morgan fingerprint density at radius 1 is 0.516 bits per heavy atom. The van der Waals surface area contributed by atoms with Crippen LogP contribution in [-0.4, -0.2) is 0 Å². The average Bonchev–Trinajstić information content (AvgIpc) is 2.79. The first-order valence-electron chi connectivity index (χ1n) is 10.0. The van der Waals surface area contributed by atoms with Gasteiger partial charge in [0.05, 0.1) is 0 Å². The zero-order chi connectivity index (χ0) is 21.1. The van der Waals surface area contributed by atoms with Crippen molar-refractivity contribution in [2.45, 2.75) is 6.92 Å². The smallest absolute Gasteiger partial charge is 0.195 e. The molecule has 4 heteroatoms. The lowest BCUT2D eigenvalue weighted by Crippen LogP contribution is -2.01. The molecule has 2 aromatic heterocycles. The van der Waals surface area contributed by atoms with Gasteiger partial charge in [0.25, 0.3) is 0 Å². The maximum Gasteiger partial charge on any atom is 0.195 e. The lowest BCUT2D eigenvalue weighted by atomic mass is 10.0. The summed E-state index contributed by atoms with van der Waals surface area (Å²) in [5.41, 5.74) is 3.35. The Morgan fingerprint density at radius 3 is 1.74 bits per heavy atom. The van der Waals surface area contributed by atoms with Crippen molar-refractivity contribution in [1.29, 1.82) is 0 Å². The molecule has 31 heavy (non-hydrogen) atoms. The fourth-order valence-electron chi connectivity index (χ4n) is 4.13. The molecule has 0 bridgehead atoms. The second kappa shape index (κ2) is 6.84. The summed E-state index contributed by atoms with van der Waals surface area (Å²) in [6.45, 7) is 2.01. The molecule has 0 spiro atoms. The lowest BCUT2D eigenvalue weighted by molar-refractivity contribution is 1.51. The number of aryl methyl sites for hydroxylation is 1. The predicted octanol–water partition coefficient (Wildman–Crippen LogP) is 7.12. The van der Waals surface area contributed by atoms with Crippen LogP contribution in [0.15, 0.2) is 88.5 Å². The molecule has 0 unspecified atom stereocenters. The van der Waals surface area contributed by atoms with Gasteiger partial charge < -0.3 is 0 Å². The Kier molecular flexibility index (Phi) is 4.07. The molecule has 6 aromatic rings. The summed E-state index contributed by atoms with van der Waals surface area (Å²) in [6.07, 6.45) is 0. The zero-order valence-electron chi connectivity index (χ0n) is 16.6. The Bertz CT molecular complexity index is 1790. The third-order valence-electron chi connectivity index (χ3n) is 5.74. The molecule has 0 aliphatic carbocycles. The highest BCUT2D eigenvalue weighted by atomic mass is 32.1. The van der Waals surface area contributed by atoms with Crippen molar-refractivity contribution in [3.8, 4) is 11.1 Å². The van der Waals surface area contributed by atoms with Crippen LogP contribution in [0.2, 0.25) is 0 Å². The molecule has 0 saturated carbocycles. The van der Waals surface area contributed by atoms with Crippen LogP contribution in [0.3, 0.4) is 0 Å². The quantitative estimate of drug-likeness (QED) is 0.257. The summed E-state index contributed by atoms with van der Waals surface area (Å²) < 4.78 is 3.95. The van der Waals surface area contributed by atoms with Gasteiger partial charge in [0.2, 0.25) is 0 Å². The highest BCUT2D eigenvalue weighted by Crippen LogP contribution is 2.32. The summed E-state index contributed by atoms with van der Waals surface area (Å²) in [5, 5.41) is 3.06. The number of fused-ring (bicyclic) bond motifs is 4. The third-order valence-corrected chi connectivity index (χ3v) is 8.00. The van der Waals surface area contributed by atoms with Crippen molar-refractivity contribution in [2.75, 3.05) is 0 Å². The van der Waals surface area contributed by atoms with Crippen molar-refractivity contribution in [2.24, 2.45) is 0 Å². The molecular formula is C27H16O2S2. The van der Waals surface area contributed by atoms with Crippen molar-refractivity contribution in [1.82, 2.24) is 0 Å². The van der Waals surface area contributed by atoms with Gasteiger partial charge in [-0.25, -0.2) is 0 Å². The van der Waals surface area contributed by atoms with Crippen LogP contribution in [-0.2, 0) is 0 Å². The SMILES string of the molecule is Cc1ccc2sc3cc(-c4ccc5c(=O)c6ccccc6sc5c4)ccc3c(=O)c2c1. The van der Waals surface area contributed by atoms with Crippen molar-refractivity contribution in [3.05, 3.63) is 105 Å². The Balaban J connectivity index is 1.57. The summed E-state index contributed by atoms with van der Waals surface area (Å²) in [7, 11) is 0. The minimum Gasteiger partial charge on any atom is -0.289 e. The van der Waals surface area contributed by atoms with Crippen LogP contribution in [0.1, 0.15) is 5.56 Å². The van der Waals surface area contributed by atoms with Gasteiger partial charge in [0.1, 0.15) is 0 Å². The summed E-state index contributed by atoms with van der Waals surface area (Å²) in [6, 6.07) is 25.8. The second-order valence-electron chi connectivity index (χ2n) is 7.78. The van der Waals surface area contributed by atoms with E-state index in [-0.39, 0.29) is 10.9 Å². The highest BCUT2D eigenvalue weighted by molar-refractivity contribution is 7.25. The zero-order valence-corrected chi connectivity index (χ0v) is 18.3. The largest absolute Gasteiger partial charge is 0.289 e. The van der Waals surface area contributed by atoms with E-state index < -0.39 is 0 Å². The number of rotatable bonds is 1. The van der Waals surface area contributed by atoms with Crippen molar-refractivity contribution in [3.63, 3.8) is 0 Å². The Morgan fingerprint density at radius 2 is 1.06 bits per heavy atom. The van der Waals surface area contributed by atoms with Crippen LogP contribution in [0.4, 0.5) is 0 Å². The van der Waals surface area contributed by atoms with E-state index in [9.17, 15) is 9.59 Å². The minimum atomic E-state index is 0.0781. The van der Waals surface area contributed by atoms with E-state index in [2.05, 4.69) is 12.1 Å². The van der Waals surface area contributed by atoms with E-state index in [1.807, 2.05) is 73.7 Å². The predicted molar refractivity (Wildman–Crippen MR) is 135 cm³/mol. The van der Waals surface area contributed by atoms with E-state index >= 15 is 0 Å². The molecule has 148 valence electrons. The van der Waals surface area contributed by atoms with E-state index in [0.717, 1.165) is 57.0 Å². The van der Waals surface area contributed by atoms with Gasteiger partial charge in [-0.1, -0.05) is 35.9 Å². The Hall–Kier alpha value is -3.34. The summed E-state index contributed by atoms with van der Waals surface area (Å²) in [5.74, 6) is 0. The van der Waals surface area contributed by atoms with Crippen LogP contribution in [0, 0.1) is 6.92 Å². The molecule has 2 heterocycles. The van der Waals surface area contributed by atoms with Crippen LogP contribution >= 0.6 is 22.7 Å². The first kappa shape index (κ1) is 18.4. The molecule has 0 saturated heterocycles. The number of benzene rings is 4. The maximum atomic E-state index is 13.0. The summed E-state index contributed by atoms with van der Waals surface area (Å²) >= 11 is 3.28. The fraction of sp³-hybridized carbons (Fsp3) is 0.0370. The minimum absolute atomic E-state index is 0.0781. The molecule has 4 aromatic carbocycles. The first-order chi connectivity index (χ1) is 15.1. The molecule has 0 aliphatic heterocycles. The Labute approximate surface area is 185 Å². The van der Waals surface area contributed by atoms with E-state index in [0.29, 0.717) is 0 Å². The first-order valence-corrected chi connectivity index (χ1v) is 11.6. The van der Waals surface area contributed by atoms with Crippen LogP contribution < -0.4 is 10.9 Å². The van der Waals surface area contributed by atoms with Gasteiger partial charge in [-0.15, -0.1) is 22.7 Å². The molecule has 0 N–H and O–H groups in total. The average molecular weight is 437 g/mol. The number of hydrogen-bond donors (Lipinski definition) is 0. The third kappa shape index (κ3) is 2.91. The molecule has 6 rings (SSSR count). The maximum absolute atomic E-state index is 13.0. The van der Waals surface area contributed by atoms with E-state index in [1.165, 1.54) is 0 Å². The fourth-order valence-corrected chi connectivity index (χ4v) is 6.33. The molecule has 0 amide bonds. The molecule has 0 fully saturated rings. The molecule has 0 atom stereocenters. The second-order valence-corrected chi connectivity index (χ2v) is 9.95. The standard InChI is InChI=1S/C27H16O2S2/c1-15-6-11-23-21(12-15)27(29)20-10-8-17(14-25(20)31-23)16-7-9-19-24(13-16)30-22-5-3-2-4-18(22)26(19)28/h2-14H,1H3. The van der Waals surface area contributed by atoms with E-state index in [4.69, 9.17) is 0 Å². The topological polar surface area (TPSA) is 34.1 Å². The van der Waals surface area contributed by atoms with E-state index in [1.54, 1.807) is 22.7 Å². The van der Waals surface area contributed by atoms with Crippen LogP contribution in [0.5, 0.6) is 0 Å². The van der Waals surface area contributed by atoms with Gasteiger partial charge >= 0.3 is 0 Å². The van der Waals surface area contributed by atoms with Crippen molar-refractivity contribution < 1.29 is 0 Å². The molecule has 0 radical (unpaired) electrons.